The first kappa shape index (κ1) is 23.6. The number of nitrogens with one attached hydrogen (secondary N) is 1. The summed E-state index contributed by atoms with van der Waals surface area (Å²) in [6.07, 6.45) is 5.16. The lowest BCUT2D eigenvalue weighted by atomic mass is 9.77. The average Bonchev–Trinajstić information content (AvgIpc) is 3.36. The highest BCUT2D eigenvalue weighted by molar-refractivity contribution is 6.00. The van der Waals surface area contributed by atoms with Crippen molar-refractivity contribution in [3.63, 3.8) is 0 Å². The lowest BCUT2D eigenvalue weighted by Gasteiger charge is -2.37. The third-order valence-electron chi connectivity index (χ3n) is 6.74. The summed E-state index contributed by atoms with van der Waals surface area (Å²) >= 11 is 0. The number of anilines is 1. The van der Waals surface area contributed by atoms with Crippen LogP contribution in [0.15, 0.2) is 122 Å². The van der Waals surface area contributed by atoms with Crippen molar-refractivity contribution in [1.82, 2.24) is 24.7 Å². The van der Waals surface area contributed by atoms with E-state index in [0.717, 1.165) is 44.8 Å². The van der Waals surface area contributed by atoms with E-state index in [0.29, 0.717) is 0 Å². The molecular weight excluding hydrogens is 468 g/mol. The second-order valence-corrected chi connectivity index (χ2v) is 9.52. The molecule has 1 N–H and O–H groups in total. The van der Waals surface area contributed by atoms with Crippen molar-refractivity contribution in [3.8, 4) is 11.4 Å². The van der Waals surface area contributed by atoms with E-state index in [4.69, 9.17) is 10.1 Å². The maximum absolute atomic E-state index is 5.38. The smallest absolute Gasteiger partial charge is 0.138 e. The molecule has 0 aliphatic heterocycles. The Morgan fingerprint density at radius 3 is 1.76 bits per heavy atom. The van der Waals surface area contributed by atoms with Crippen LogP contribution in [0.3, 0.4) is 0 Å². The van der Waals surface area contributed by atoms with Crippen LogP contribution in [-0.2, 0) is 5.54 Å². The molecule has 0 fully saturated rings. The monoisotopic (exact) mass is 496 g/mol. The molecule has 0 unspecified atom stereocenters. The second-order valence-electron chi connectivity index (χ2n) is 9.52. The van der Waals surface area contributed by atoms with Crippen LogP contribution in [0.2, 0.25) is 0 Å². The Morgan fingerprint density at radius 2 is 1.26 bits per heavy atom. The van der Waals surface area contributed by atoms with Gasteiger partial charge in [-0.15, -0.1) is 0 Å². The summed E-state index contributed by atoms with van der Waals surface area (Å²) < 4.78 is 2.15. The van der Waals surface area contributed by atoms with Crippen LogP contribution in [0.1, 0.15) is 30.5 Å². The van der Waals surface area contributed by atoms with Crippen LogP contribution in [0.5, 0.6) is 0 Å². The molecule has 0 aliphatic rings. The number of benzene rings is 3. The van der Waals surface area contributed by atoms with Gasteiger partial charge >= 0.3 is 0 Å². The minimum absolute atomic E-state index is 0.192. The molecule has 0 bridgehead atoms. The van der Waals surface area contributed by atoms with Gasteiger partial charge in [-0.2, -0.15) is 5.10 Å². The van der Waals surface area contributed by atoms with Crippen molar-refractivity contribution >= 4 is 16.7 Å². The summed E-state index contributed by atoms with van der Waals surface area (Å²) in [4.78, 5) is 13.5. The van der Waals surface area contributed by atoms with Crippen LogP contribution in [0, 0.1) is 0 Å². The lowest BCUT2D eigenvalue weighted by Crippen LogP contribution is -2.38. The summed E-state index contributed by atoms with van der Waals surface area (Å²) in [6, 6.07) is 35.8. The van der Waals surface area contributed by atoms with E-state index in [1.54, 1.807) is 12.5 Å². The van der Waals surface area contributed by atoms with E-state index in [-0.39, 0.29) is 6.04 Å². The summed E-state index contributed by atoms with van der Waals surface area (Å²) in [5.74, 6) is 0.778. The van der Waals surface area contributed by atoms with Crippen LogP contribution in [0.25, 0.3) is 22.3 Å². The van der Waals surface area contributed by atoms with Crippen LogP contribution >= 0.6 is 0 Å². The molecule has 3 aromatic heterocycles. The number of hydrogen-bond donors (Lipinski definition) is 1. The van der Waals surface area contributed by atoms with Crippen LogP contribution < -0.4 is 5.32 Å². The molecule has 6 nitrogen and oxygen atoms in total. The van der Waals surface area contributed by atoms with Gasteiger partial charge in [-0.1, -0.05) is 91.0 Å². The van der Waals surface area contributed by atoms with E-state index in [1.165, 1.54) is 0 Å². The fourth-order valence-corrected chi connectivity index (χ4v) is 5.22. The van der Waals surface area contributed by atoms with Crippen molar-refractivity contribution in [2.45, 2.75) is 25.4 Å². The average molecular weight is 497 g/mol. The Balaban J connectivity index is 1.80. The van der Waals surface area contributed by atoms with E-state index < -0.39 is 5.54 Å². The lowest BCUT2D eigenvalue weighted by molar-refractivity contribution is 0.477. The van der Waals surface area contributed by atoms with Crippen LogP contribution in [0.4, 0.5) is 5.82 Å². The number of fused-ring (bicyclic) bond motifs is 1. The summed E-state index contributed by atoms with van der Waals surface area (Å²) in [5.41, 5.74) is 5.00. The highest BCUT2D eigenvalue weighted by atomic mass is 15.3. The molecule has 0 saturated heterocycles. The number of nitrogens with zero attached hydrogens (tertiary/aromatic N) is 5. The van der Waals surface area contributed by atoms with Gasteiger partial charge in [0.1, 0.15) is 23.4 Å². The predicted octanol–water partition coefficient (Wildman–Crippen LogP) is 6.55. The number of pyridine rings is 1. The Kier molecular flexibility index (Phi) is 6.14. The van der Waals surface area contributed by atoms with Gasteiger partial charge in [0.15, 0.2) is 0 Å². The van der Waals surface area contributed by atoms with E-state index in [1.807, 2.05) is 36.5 Å². The first-order valence-corrected chi connectivity index (χ1v) is 12.8. The van der Waals surface area contributed by atoms with Crippen molar-refractivity contribution in [3.05, 3.63) is 139 Å². The summed E-state index contributed by atoms with van der Waals surface area (Å²) in [7, 11) is 0. The summed E-state index contributed by atoms with van der Waals surface area (Å²) in [5, 5.41) is 9.83. The molecule has 0 atom stereocenters. The van der Waals surface area contributed by atoms with Crippen molar-refractivity contribution in [1.29, 1.82) is 0 Å². The second kappa shape index (κ2) is 9.90. The Hall–Kier alpha value is -4.84. The largest absolute Gasteiger partial charge is 0.367 e. The molecule has 3 heterocycles. The third-order valence-corrected chi connectivity index (χ3v) is 6.74. The minimum Gasteiger partial charge on any atom is -0.367 e. The standard InChI is InChI=1S/C32H28N6/c1-23(2)36-31-29-28(19-21-34-31)38(37-30(29)27-18-20-33-22-35-27)32(24-12-6-3-7-13-24,25-14-8-4-9-15-25)26-16-10-5-11-17-26/h3-23H,1-2H3,(H,34,36). The molecule has 3 aromatic carbocycles. The van der Waals surface area contributed by atoms with Gasteiger partial charge in [-0.05, 0) is 42.7 Å². The Bertz CT molecular complexity index is 1550. The normalized spacial score (nSPS) is 11.7. The Labute approximate surface area is 222 Å². The predicted molar refractivity (Wildman–Crippen MR) is 152 cm³/mol. The number of rotatable bonds is 7. The molecule has 38 heavy (non-hydrogen) atoms. The summed E-state index contributed by atoms with van der Waals surface area (Å²) in [6.45, 7) is 4.22. The Morgan fingerprint density at radius 1 is 0.684 bits per heavy atom. The molecule has 0 radical (unpaired) electrons. The molecule has 0 saturated carbocycles. The van der Waals surface area contributed by atoms with Gasteiger partial charge in [-0.25, -0.2) is 19.6 Å². The zero-order valence-corrected chi connectivity index (χ0v) is 21.4. The highest BCUT2D eigenvalue weighted by Gasteiger charge is 2.41. The molecule has 0 amide bonds. The quantitative estimate of drug-likeness (QED) is 0.254. The van der Waals surface area contributed by atoms with E-state index >= 15 is 0 Å². The van der Waals surface area contributed by atoms with Crippen molar-refractivity contribution in [2.75, 3.05) is 5.32 Å². The molecular formula is C32H28N6. The van der Waals surface area contributed by atoms with E-state index in [2.05, 4.69) is 107 Å². The first-order chi connectivity index (χ1) is 18.7. The minimum atomic E-state index is -0.760. The molecule has 186 valence electrons. The highest BCUT2D eigenvalue weighted by Crippen LogP contribution is 2.44. The van der Waals surface area contributed by atoms with Crippen molar-refractivity contribution in [2.24, 2.45) is 0 Å². The fraction of sp³-hybridized carbons (Fsp3) is 0.125. The van der Waals surface area contributed by atoms with Crippen molar-refractivity contribution < 1.29 is 0 Å². The number of hydrogen-bond acceptors (Lipinski definition) is 5. The van der Waals surface area contributed by atoms with Gasteiger partial charge in [0, 0.05) is 18.4 Å². The maximum Gasteiger partial charge on any atom is 0.138 e. The maximum atomic E-state index is 5.38. The molecule has 0 aliphatic carbocycles. The van der Waals surface area contributed by atoms with Gasteiger partial charge < -0.3 is 5.32 Å². The zero-order chi connectivity index (χ0) is 26.0. The third kappa shape index (κ3) is 3.91. The van der Waals surface area contributed by atoms with E-state index in [9.17, 15) is 0 Å². The van der Waals surface area contributed by atoms with Gasteiger partial charge in [-0.3, -0.25) is 0 Å². The van der Waals surface area contributed by atoms with Gasteiger partial charge in [0.2, 0.25) is 0 Å². The van der Waals surface area contributed by atoms with Gasteiger partial charge in [0.05, 0.1) is 16.6 Å². The molecule has 6 aromatic rings. The topological polar surface area (TPSA) is 68.5 Å². The fourth-order valence-electron chi connectivity index (χ4n) is 5.22. The number of aromatic nitrogens is 5. The SMILES string of the molecule is CC(C)Nc1nccc2c1c(-c1ccncn1)nn2C(c1ccccc1)(c1ccccc1)c1ccccc1. The van der Waals surface area contributed by atoms with Crippen LogP contribution in [-0.4, -0.2) is 30.8 Å². The zero-order valence-electron chi connectivity index (χ0n) is 21.4. The molecule has 6 heteroatoms. The molecule has 0 spiro atoms. The first-order valence-electron chi connectivity index (χ1n) is 12.8. The molecule has 6 rings (SSSR count). The van der Waals surface area contributed by atoms with Gasteiger partial charge in [0.25, 0.3) is 0 Å².